The smallest absolute Gasteiger partial charge is 0.265 e. The van der Waals surface area contributed by atoms with Crippen molar-refractivity contribution in [1.82, 2.24) is 0 Å². The summed E-state index contributed by atoms with van der Waals surface area (Å²) in [5.41, 5.74) is 3.18. The van der Waals surface area contributed by atoms with Crippen molar-refractivity contribution in [2.75, 3.05) is 5.32 Å². The SMILES string of the molecule is CC[C@H]1CCc2sc(C(=O)Nc3ccc(Cl)cc3C)cc2C1. The highest BCUT2D eigenvalue weighted by Gasteiger charge is 2.22. The molecular weight excluding hydrogens is 314 g/mol. The van der Waals surface area contributed by atoms with Crippen LogP contribution in [-0.4, -0.2) is 5.91 Å². The van der Waals surface area contributed by atoms with E-state index in [0.717, 1.165) is 34.9 Å². The second kappa shape index (κ2) is 6.43. The number of nitrogens with one attached hydrogen (secondary N) is 1. The second-order valence-corrected chi connectivity index (χ2v) is 7.56. The van der Waals surface area contributed by atoms with Crippen LogP contribution >= 0.6 is 22.9 Å². The molecule has 1 amide bonds. The number of thiophene rings is 1. The Kier molecular flexibility index (Phi) is 4.55. The van der Waals surface area contributed by atoms with E-state index in [0.29, 0.717) is 5.02 Å². The fourth-order valence-electron chi connectivity index (χ4n) is 3.01. The van der Waals surface area contributed by atoms with Crippen LogP contribution in [0.25, 0.3) is 0 Å². The van der Waals surface area contributed by atoms with Gasteiger partial charge in [0.1, 0.15) is 0 Å². The highest BCUT2D eigenvalue weighted by molar-refractivity contribution is 7.14. The van der Waals surface area contributed by atoms with Gasteiger partial charge in [-0.3, -0.25) is 4.79 Å². The Morgan fingerprint density at radius 1 is 1.41 bits per heavy atom. The van der Waals surface area contributed by atoms with Crippen molar-refractivity contribution < 1.29 is 4.79 Å². The van der Waals surface area contributed by atoms with Crippen LogP contribution in [0.2, 0.25) is 5.02 Å². The molecule has 1 atom stereocenters. The summed E-state index contributed by atoms with van der Waals surface area (Å²) >= 11 is 7.60. The predicted molar refractivity (Wildman–Crippen MR) is 94.3 cm³/mol. The topological polar surface area (TPSA) is 29.1 Å². The zero-order valence-corrected chi connectivity index (χ0v) is 14.5. The molecule has 2 aromatic rings. The minimum absolute atomic E-state index is 0.0159. The van der Waals surface area contributed by atoms with Crippen molar-refractivity contribution in [2.24, 2.45) is 5.92 Å². The molecule has 1 aromatic heterocycles. The summed E-state index contributed by atoms with van der Waals surface area (Å²) in [7, 11) is 0. The number of hydrogen-bond donors (Lipinski definition) is 1. The number of rotatable bonds is 3. The Hall–Kier alpha value is -1.32. The normalized spacial score (nSPS) is 17.1. The first-order chi connectivity index (χ1) is 10.6. The van der Waals surface area contributed by atoms with E-state index >= 15 is 0 Å². The van der Waals surface area contributed by atoms with Gasteiger partial charge in [-0.05, 0) is 67.5 Å². The average molecular weight is 334 g/mol. The molecule has 0 unspecified atom stereocenters. The number of carbonyl (C=O) groups is 1. The van der Waals surface area contributed by atoms with Gasteiger partial charge in [0.15, 0.2) is 0 Å². The molecule has 1 aliphatic carbocycles. The number of halogens is 1. The molecule has 0 aliphatic heterocycles. The van der Waals surface area contributed by atoms with E-state index in [4.69, 9.17) is 11.6 Å². The van der Waals surface area contributed by atoms with Gasteiger partial charge < -0.3 is 5.32 Å². The van der Waals surface area contributed by atoms with E-state index < -0.39 is 0 Å². The molecule has 0 radical (unpaired) electrons. The van der Waals surface area contributed by atoms with Crippen LogP contribution in [0, 0.1) is 12.8 Å². The van der Waals surface area contributed by atoms with Crippen molar-refractivity contribution in [2.45, 2.75) is 39.5 Å². The monoisotopic (exact) mass is 333 g/mol. The number of hydrogen-bond acceptors (Lipinski definition) is 2. The van der Waals surface area contributed by atoms with Crippen LogP contribution in [-0.2, 0) is 12.8 Å². The lowest BCUT2D eigenvalue weighted by Crippen LogP contribution is -2.11. The third kappa shape index (κ3) is 3.21. The lowest BCUT2D eigenvalue weighted by molar-refractivity contribution is 0.103. The molecule has 2 nitrogen and oxygen atoms in total. The summed E-state index contributed by atoms with van der Waals surface area (Å²) in [4.78, 5) is 14.7. The molecule has 1 aromatic carbocycles. The fraction of sp³-hybridized carbons (Fsp3) is 0.389. The Morgan fingerprint density at radius 3 is 2.95 bits per heavy atom. The molecule has 4 heteroatoms. The molecule has 22 heavy (non-hydrogen) atoms. The van der Waals surface area contributed by atoms with Crippen molar-refractivity contribution in [3.63, 3.8) is 0 Å². The molecule has 0 spiro atoms. The second-order valence-electron chi connectivity index (χ2n) is 5.99. The van der Waals surface area contributed by atoms with Crippen LogP contribution in [0.1, 0.15) is 45.4 Å². The standard InChI is InChI=1S/C18H20ClNOS/c1-3-12-4-7-16-13(9-12)10-17(22-16)18(21)20-15-6-5-14(19)8-11(15)2/h5-6,8,10,12H,3-4,7,9H2,1-2H3,(H,20,21)/t12-/m0/s1. The number of fused-ring (bicyclic) bond motifs is 1. The number of benzene rings is 1. The zero-order valence-electron chi connectivity index (χ0n) is 12.9. The Balaban J connectivity index is 1.77. The van der Waals surface area contributed by atoms with Gasteiger partial charge in [0.2, 0.25) is 0 Å². The lowest BCUT2D eigenvalue weighted by Gasteiger charge is -2.19. The van der Waals surface area contributed by atoms with Crippen LogP contribution in [0.3, 0.4) is 0 Å². The summed E-state index contributed by atoms with van der Waals surface area (Å²) in [5.74, 6) is 0.759. The van der Waals surface area contributed by atoms with Crippen LogP contribution < -0.4 is 5.32 Å². The first kappa shape index (κ1) is 15.6. The highest BCUT2D eigenvalue weighted by Crippen LogP contribution is 2.34. The van der Waals surface area contributed by atoms with Gasteiger partial charge in [-0.2, -0.15) is 0 Å². The van der Waals surface area contributed by atoms with Crippen LogP contribution in [0.4, 0.5) is 5.69 Å². The highest BCUT2D eigenvalue weighted by atomic mass is 35.5. The first-order valence-corrected chi connectivity index (χ1v) is 8.95. The van der Waals surface area contributed by atoms with E-state index in [9.17, 15) is 4.79 Å². The van der Waals surface area contributed by atoms with Gasteiger partial charge in [0, 0.05) is 15.6 Å². The van der Waals surface area contributed by atoms with E-state index in [1.54, 1.807) is 17.4 Å². The van der Waals surface area contributed by atoms with Crippen molar-refractivity contribution in [1.29, 1.82) is 0 Å². The van der Waals surface area contributed by atoms with E-state index in [1.165, 1.54) is 23.3 Å². The van der Waals surface area contributed by atoms with E-state index in [2.05, 4.69) is 18.3 Å². The van der Waals surface area contributed by atoms with Gasteiger partial charge in [0.05, 0.1) is 4.88 Å². The summed E-state index contributed by atoms with van der Waals surface area (Å²) in [6.07, 6.45) is 4.71. The zero-order chi connectivity index (χ0) is 15.7. The van der Waals surface area contributed by atoms with Gasteiger partial charge in [-0.1, -0.05) is 24.9 Å². The number of anilines is 1. The van der Waals surface area contributed by atoms with E-state index in [-0.39, 0.29) is 5.91 Å². The van der Waals surface area contributed by atoms with Crippen LogP contribution in [0.15, 0.2) is 24.3 Å². The lowest BCUT2D eigenvalue weighted by atomic mass is 9.87. The fourth-order valence-corrected chi connectivity index (χ4v) is 4.34. The summed E-state index contributed by atoms with van der Waals surface area (Å²) in [5, 5.41) is 3.69. The molecule has 1 heterocycles. The Morgan fingerprint density at radius 2 is 2.23 bits per heavy atom. The maximum Gasteiger partial charge on any atom is 0.265 e. The molecular formula is C18H20ClNOS. The summed E-state index contributed by atoms with van der Waals surface area (Å²) < 4.78 is 0. The Labute approximate surface area is 140 Å². The third-order valence-electron chi connectivity index (χ3n) is 4.42. The number of amides is 1. The van der Waals surface area contributed by atoms with Crippen molar-refractivity contribution in [3.05, 3.63) is 50.2 Å². The van der Waals surface area contributed by atoms with Crippen molar-refractivity contribution in [3.8, 4) is 0 Å². The minimum Gasteiger partial charge on any atom is -0.321 e. The van der Waals surface area contributed by atoms with Gasteiger partial charge >= 0.3 is 0 Å². The van der Waals surface area contributed by atoms with Gasteiger partial charge in [0.25, 0.3) is 5.91 Å². The number of aryl methyl sites for hydroxylation is 2. The molecule has 0 bridgehead atoms. The largest absolute Gasteiger partial charge is 0.321 e. The minimum atomic E-state index is -0.0159. The summed E-state index contributed by atoms with van der Waals surface area (Å²) in [6, 6.07) is 7.61. The molecule has 0 fully saturated rings. The predicted octanol–water partition coefficient (Wildman–Crippen LogP) is 5.48. The maximum atomic E-state index is 12.5. The Bertz CT molecular complexity index is 707. The maximum absolute atomic E-state index is 12.5. The first-order valence-electron chi connectivity index (χ1n) is 7.76. The molecule has 3 rings (SSSR count). The number of carbonyl (C=O) groups excluding carboxylic acids is 1. The molecule has 1 aliphatic rings. The van der Waals surface area contributed by atoms with Crippen molar-refractivity contribution >= 4 is 34.5 Å². The van der Waals surface area contributed by atoms with Gasteiger partial charge in [-0.25, -0.2) is 0 Å². The molecule has 1 N–H and O–H groups in total. The van der Waals surface area contributed by atoms with Gasteiger partial charge in [-0.15, -0.1) is 11.3 Å². The van der Waals surface area contributed by atoms with Crippen LogP contribution in [0.5, 0.6) is 0 Å². The van der Waals surface area contributed by atoms with E-state index in [1.807, 2.05) is 19.1 Å². The molecule has 0 saturated carbocycles. The average Bonchev–Trinajstić information content (AvgIpc) is 2.93. The summed E-state index contributed by atoms with van der Waals surface area (Å²) in [6.45, 7) is 4.20. The quantitative estimate of drug-likeness (QED) is 0.792. The molecule has 0 saturated heterocycles. The molecule has 116 valence electrons. The third-order valence-corrected chi connectivity index (χ3v) is 5.89.